The predicted molar refractivity (Wildman–Crippen MR) is 79.8 cm³/mol. The molecular formula is C15H15BrN2O. The molecule has 19 heavy (non-hydrogen) atoms. The van der Waals surface area contributed by atoms with Gasteiger partial charge in [-0.2, -0.15) is 0 Å². The van der Waals surface area contributed by atoms with E-state index in [0.717, 1.165) is 27.7 Å². The van der Waals surface area contributed by atoms with Crippen LogP contribution in [0.1, 0.15) is 17.5 Å². The second-order valence-corrected chi connectivity index (χ2v) is 5.39. The second kappa shape index (κ2) is 6.48. The number of aromatic nitrogens is 1. The van der Waals surface area contributed by atoms with Crippen LogP contribution in [0.3, 0.4) is 0 Å². The number of rotatable bonds is 5. The summed E-state index contributed by atoms with van der Waals surface area (Å²) in [5.74, 6) is 0.210. The van der Waals surface area contributed by atoms with E-state index in [4.69, 9.17) is 5.73 Å². The molecule has 0 saturated carbocycles. The number of benzene rings is 1. The van der Waals surface area contributed by atoms with E-state index in [0.29, 0.717) is 12.8 Å². The van der Waals surface area contributed by atoms with Crippen molar-refractivity contribution in [1.29, 1.82) is 0 Å². The third-order valence-corrected chi connectivity index (χ3v) is 3.24. The zero-order chi connectivity index (χ0) is 13.7. The third kappa shape index (κ3) is 4.48. The molecule has 1 aromatic carbocycles. The lowest BCUT2D eigenvalue weighted by Gasteiger charge is -2.03. The minimum absolute atomic E-state index is 0.210. The van der Waals surface area contributed by atoms with Gasteiger partial charge in [0.25, 0.3) is 0 Å². The number of carbonyl (C=O) groups excluding carboxylic acids is 1. The summed E-state index contributed by atoms with van der Waals surface area (Å²) in [6, 6.07) is 9.58. The van der Waals surface area contributed by atoms with E-state index in [1.807, 2.05) is 30.3 Å². The van der Waals surface area contributed by atoms with Gasteiger partial charge in [0.15, 0.2) is 0 Å². The average Bonchev–Trinajstić information content (AvgIpc) is 2.36. The molecule has 3 nitrogen and oxygen atoms in total. The summed E-state index contributed by atoms with van der Waals surface area (Å²) >= 11 is 3.35. The molecule has 0 radical (unpaired) electrons. The number of hydrogen-bond donors (Lipinski definition) is 1. The molecule has 0 saturated heterocycles. The minimum Gasteiger partial charge on any atom is -0.399 e. The Hall–Kier alpha value is -1.68. The molecule has 0 atom stereocenters. The zero-order valence-corrected chi connectivity index (χ0v) is 12.1. The summed E-state index contributed by atoms with van der Waals surface area (Å²) in [5, 5.41) is 0. The number of nitrogens with two attached hydrogens (primary N) is 1. The third-order valence-electron chi connectivity index (χ3n) is 2.81. The van der Waals surface area contributed by atoms with Crippen molar-refractivity contribution in [2.45, 2.75) is 19.3 Å². The lowest BCUT2D eigenvalue weighted by atomic mass is 10.0. The van der Waals surface area contributed by atoms with E-state index in [2.05, 4.69) is 20.9 Å². The Bertz CT molecular complexity index is 584. The molecule has 98 valence electrons. The number of carbonyl (C=O) groups is 1. The molecule has 0 aliphatic carbocycles. The zero-order valence-electron chi connectivity index (χ0n) is 10.5. The highest BCUT2D eigenvalue weighted by Crippen LogP contribution is 2.12. The van der Waals surface area contributed by atoms with Crippen molar-refractivity contribution in [2.75, 3.05) is 5.73 Å². The van der Waals surface area contributed by atoms with Crippen LogP contribution in [-0.4, -0.2) is 10.8 Å². The maximum absolute atomic E-state index is 11.9. The molecule has 2 N–H and O–H groups in total. The molecule has 0 unspecified atom stereocenters. The smallest absolute Gasteiger partial charge is 0.137 e. The van der Waals surface area contributed by atoms with Gasteiger partial charge in [0, 0.05) is 35.4 Å². The lowest BCUT2D eigenvalue weighted by molar-refractivity contribution is -0.118. The highest BCUT2D eigenvalue weighted by atomic mass is 79.9. The van der Waals surface area contributed by atoms with Gasteiger partial charge < -0.3 is 5.73 Å². The van der Waals surface area contributed by atoms with E-state index in [1.165, 1.54) is 0 Å². The Kier molecular flexibility index (Phi) is 4.68. The number of pyridine rings is 1. The van der Waals surface area contributed by atoms with Crippen molar-refractivity contribution in [2.24, 2.45) is 0 Å². The highest BCUT2D eigenvalue weighted by Gasteiger charge is 2.05. The van der Waals surface area contributed by atoms with Gasteiger partial charge in [-0.25, -0.2) is 0 Å². The Balaban J connectivity index is 1.88. The standard InChI is InChI=1S/C15H15BrN2O/c16-13-6-12(9-18-10-13)8-15(19)5-4-11-2-1-3-14(17)7-11/h1-3,6-7,9-10H,4-5,8,17H2. The number of nitrogens with zero attached hydrogens (tertiary/aromatic N) is 1. The SMILES string of the molecule is Nc1cccc(CCC(=O)Cc2cncc(Br)c2)c1. The largest absolute Gasteiger partial charge is 0.399 e. The predicted octanol–water partition coefficient (Wildman–Crippen LogP) is 3.17. The fourth-order valence-electron chi connectivity index (χ4n) is 1.90. The quantitative estimate of drug-likeness (QED) is 0.861. The van der Waals surface area contributed by atoms with Gasteiger partial charge in [0.1, 0.15) is 5.78 Å². The van der Waals surface area contributed by atoms with Crippen LogP contribution in [-0.2, 0) is 17.6 Å². The molecule has 1 heterocycles. The van der Waals surface area contributed by atoms with Gasteiger partial charge in [0.05, 0.1) is 0 Å². The van der Waals surface area contributed by atoms with Crippen molar-refractivity contribution in [1.82, 2.24) is 4.98 Å². The number of anilines is 1. The maximum Gasteiger partial charge on any atom is 0.137 e. The first kappa shape index (κ1) is 13.7. The molecule has 4 heteroatoms. The molecule has 0 aliphatic heterocycles. The maximum atomic E-state index is 11.9. The van der Waals surface area contributed by atoms with Gasteiger partial charge >= 0.3 is 0 Å². The average molecular weight is 319 g/mol. The minimum atomic E-state index is 0.210. The molecule has 2 rings (SSSR count). The van der Waals surface area contributed by atoms with Crippen LogP contribution >= 0.6 is 15.9 Å². The Morgan fingerprint density at radius 1 is 1.21 bits per heavy atom. The van der Waals surface area contributed by atoms with Crippen LogP contribution in [0.25, 0.3) is 0 Å². The summed E-state index contributed by atoms with van der Waals surface area (Å²) in [6.07, 6.45) is 5.11. The van der Waals surface area contributed by atoms with Gasteiger partial charge in [-0.05, 0) is 51.7 Å². The molecule has 2 aromatic rings. The van der Waals surface area contributed by atoms with E-state index in [9.17, 15) is 4.79 Å². The monoisotopic (exact) mass is 318 g/mol. The Labute approximate surface area is 121 Å². The second-order valence-electron chi connectivity index (χ2n) is 4.47. The van der Waals surface area contributed by atoms with Crippen LogP contribution in [0.15, 0.2) is 47.2 Å². The van der Waals surface area contributed by atoms with Crippen molar-refractivity contribution in [3.05, 3.63) is 58.3 Å². The summed E-state index contributed by atoms with van der Waals surface area (Å²) in [6.45, 7) is 0. The molecule has 1 aromatic heterocycles. The first-order valence-electron chi connectivity index (χ1n) is 6.09. The fourth-order valence-corrected chi connectivity index (χ4v) is 2.31. The van der Waals surface area contributed by atoms with Crippen molar-refractivity contribution in [3.8, 4) is 0 Å². The van der Waals surface area contributed by atoms with E-state index in [1.54, 1.807) is 12.4 Å². The summed E-state index contributed by atoms with van der Waals surface area (Å²) in [4.78, 5) is 16.0. The van der Waals surface area contributed by atoms with Gasteiger partial charge in [0.2, 0.25) is 0 Å². The van der Waals surface area contributed by atoms with Gasteiger partial charge in [-0.3, -0.25) is 9.78 Å². The summed E-state index contributed by atoms with van der Waals surface area (Å²) in [5.41, 5.74) is 8.48. The summed E-state index contributed by atoms with van der Waals surface area (Å²) < 4.78 is 0.897. The van der Waals surface area contributed by atoms with Crippen LogP contribution in [0.2, 0.25) is 0 Å². The van der Waals surface area contributed by atoms with Crippen LogP contribution in [0.4, 0.5) is 5.69 Å². The van der Waals surface area contributed by atoms with E-state index < -0.39 is 0 Å². The van der Waals surface area contributed by atoms with Crippen LogP contribution in [0.5, 0.6) is 0 Å². The first-order chi connectivity index (χ1) is 9.13. The van der Waals surface area contributed by atoms with Gasteiger partial charge in [-0.1, -0.05) is 12.1 Å². The number of aryl methyl sites for hydroxylation is 1. The van der Waals surface area contributed by atoms with Crippen molar-refractivity contribution in [3.63, 3.8) is 0 Å². The van der Waals surface area contributed by atoms with Gasteiger partial charge in [-0.15, -0.1) is 0 Å². The fraction of sp³-hybridized carbons (Fsp3) is 0.200. The molecule has 0 aliphatic rings. The Morgan fingerprint density at radius 2 is 2.05 bits per heavy atom. The molecule has 0 amide bonds. The Morgan fingerprint density at radius 3 is 2.79 bits per heavy atom. The van der Waals surface area contributed by atoms with E-state index in [-0.39, 0.29) is 5.78 Å². The number of Topliss-reactive ketones (excluding diaryl/α,β-unsaturated/α-hetero) is 1. The molecule has 0 bridgehead atoms. The van der Waals surface area contributed by atoms with Crippen LogP contribution < -0.4 is 5.73 Å². The topological polar surface area (TPSA) is 56.0 Å². The molecular weight excluding hydrogens is 304 g/mol. The number of halogens is 1. The van der Waals surface area contributed by atoms with Crippen molar-refractivity contribution < 1.29 is 4.79 Å². The van der Waals surface area contributed by atoms with E-state index >= 15 is 0 Å². The normalized spacial score (nSPS) is 10.4. The highest BCUT2D eigenvalue weighted by molar-refractivity contribution is 9.10. The van der Waals surface area contributed by atoms with Crippen LogP contribution in [0, 0.1) is 0 Å². The lowest BCUT2D eigenvalue weighted by Crippen LogP contribution is -2.05. The number of hydrogen-bond acceptors (Lipinski definition) is 3. The van der Waals surface area contributed by atoms with Crippen molar-refractivity contribution >= 4 is 27.4 Å². The summed E-state index contributed by atoms with van der Waals surface area (Å²) in [7, 11) is 0. The molecule has 0 fully saturated rings. The number of nitrogen functional groups attached to an aromatic ring is 1. The number of ketones is 1. The molecule has 0 spiro atoms. The first-order valence-corrected chi connectivity index (χ1v) is 6.88.